The predicted molar refractivity (Wildman–Crippen MR) is 87.4 cm³/mol. The lowest BCUT2D eigenvalue weighted by molar-refractivity contribution is 0.468. The highest BCUT2D eigenvalue weighted by atomic mass is 79.9. The summed E-state index contributed by atoms with van der Waals surface area (Å²) in [5.74, 6) is 1.68. The maximum Gasteiger partial charge on any atom is 0.132 e. The van der Waals surface area contributed by atoms with Crippen LogP contribution in [0.3, 0.4) is 0 Å². The van der Waals surface area contributed by atoms with Crippen molar-refractivity contribution in [3.8, 4) is 11.5 Å². The zero-order chi connectivity index (χ0) is 14.7. The molecule has 20 heavy (non-hydrogen) atoms. The van der Waals surface area contributed by atoms with Crippen LogP contribution in [0, 0.1) is 13.8 Å². The summed E-state index contributed by atoms with van der Waals surface area (Å²) in [6.45, 7) is 6.20. The molecular formula is C17H20BrNO. The van der Waals surface area contributed by atoms with Crippen LogP contribution in [0.2, 0.25) is 0 Å². The minimum Gasteiger partial charge on any atom is -0.457 e. The third kappa shape index (κ3) is 3.22. The average Bonchev–Trinajstić information content (AvgIpc) is 2.44. The molecule has 106 valence electrons. The van der Waals surface area contributed by atoms with E-state index in [1.54, 1.807) is 0 Å². The second-order valence-corrected chi connectivity index (χ2v) is 5.82. The van der Waals surface area contributed by atoms with Crippen molar-refractivity contribution >= 4 is 15.9 Å². The minimum atomic E-state index is 0.00356. The van der Waals surface area contributed by atoms with Crippen LogP contribution in [0.25, 0.3) is 0 Å². The Hall–Kier alpha value is -1.32. The number of benzene rings is 2. The molecule has 2 aromatic rings. The van der Waals surface area contributed by atoms with Crippen LogP contribution < -0.4 is 10.5 Å². The first-order valence-electron chi connectivity index (χ1n) is 6.82. The summed E-state index contributed by atoms with van der Waals surface area (Å²) in [7, 11) is 0. The molecular weight excluding hydrogens is 314 g/mol. The molecule has 0 bridgehead atoms. The summed E-state index contributed by atoms with van der Waals surface area (Å²) in [6, 6.07) is 12.0. The van der Waals surface area contributed by atoms with Gasteiger partial charge in [-0.2, -0.15) is 0 Å². The van der Waals surface area contributed by atoms with Gasteiger partial charge in [0.1, 0.15) is 11.5 Å². The first-order valence-corrected chi connectivity index (χ1v) is 7.61. The van der Waals surface area contributed by atoms with E-state index in [1.807, 2.05) is 36.4 Å². The van der Waals surface area contributed by atoms with Gasteiger partial charge >= 0.3 is 0 Å². The van der Waals surface area contributed by atoms with Crippen molar-refractivity contribution in [2.45, 2.75) is 33.2 Å². The topological polar surface area (TPSA) is 35.2 Å². The van der Waals surface area contributed by atoms with Gasteiger partial charge in [0.05, 0.1) is 0 Å². The maximum atomic E-state index is 6.15. The van der Waals surface area contributed by atoms with Crippen LogP contribution in [0.1, 0.15) is 36.1 Å². The molecule has 1 unspecified atom stereocenters. The summed E-state index contributed by atoms with van der Waals surface area (Å²) in [5.41, 5.74) is 9.52. The zero-order valence-electron chi connectivity index (χ0n) is 12.1. The van der Waals surface area contributed by atoms with Crippen LogP contribution >= 0.6 is 15.9 Å². The van der Waals surface area contributed by atoms with Gasteiger partial charge < -0.3 is 10.5 Å². The Kier molecular flexibility index (Phi) is 4.84. The van der Waals surface area contributed by atoms with Crippen molar-refractivity contribution in [2.24, 2.45) is 5.73 Å². The lowest BCUT2D eigenvalue weighted by atomic mass is 10.0. The average molecular weight is 334 g/mol. The summed E-state index contributed by atoms with van der Waals surface area (Å²) in [4.78, 5) is 0. The highest BCUT2D eigenvalue weighted by Gasteiger charge is 2.11. The lowest BCUT2D eigenvalue weighted by Gasteiger charge is -2.16. The molecule has 0 spiro atoms. The van der Waals surface area contributed by atoms with Crippen molar-refractivity contribution < 1.29 is 4.74 Å². The molecule has 0 aliphatic rings. The molecule has 0 radical (unpaired) electrons. The summed E-state index contributed by atoms with van der Waals surface area (Å²) < 4.78 is 7.18. The van der Waals surface area contributed by atoms with Gasteiger partial charge in [0.15, 0.2) is 0 Å². The van der Waals surface area contributed by atoms with Gasteiger partial charge in [-0.1, -0.05) is 41.1 Å². The van der Waals surface area contributed by atoms with E-state index in [0.717, 1.165) is 39.1 Å². The Bertz CT molecular complexity index is 587. The molecule has 2 N–H and O–H groups in total. The number of nitrogens with two attached hydrogens (primary N) is 1. The van der Waals surface area contributed by atoms with Crippen LogP contribution in [-0.2, 0) is 0 Å². The first-order chi connectivity index (χ1) is 9.52. The van der Waals surface area contributed by atoms with Crippen LogP contribution in [-0.4, -0.2) is 0 Å². The number of aryl methyl sites for hydroxylation is 2. The molecule has 3 heteroatoms. The van der Waals surface area contributed by atoms with Crippen LogP contribution in [0.4, 0.5) is 0 Å². The molecule has 0 fully saturated rings. The van der Waals surface area contributed by atoms with Crippen molar-refractivity contribution in [3.63, 3.8) is 0 Å². The van der Waals surface area contributed by atoms with Gasteiger partial charge in [-0.3, -0.25) is 0 Å². The Morgan fingerprint density at radius 3 is 2.35 bits per heavy atom. The van der Waals surface area contributed by atoms with Crippen molar-refractivity contribution in [1.82, 2.24) is 0 Å². The molecule has 2 aromatic carbocycles. The smallest absolute Gasteiger partial charge is 0.132 e. The van der Waals surface area contributed by atoms with Crippen LogP contribution in [0.5, 0.6) is 11.5 Å². The molecule has 1 atom stereocenters. The number of halogens is 1. The molecule has 0 aromatic heterocycles. The van der Waals surface area contributed by atoms with E-state index < -0.39 is 0 Å². The fourth-order valence-electron chi connectivity index (χ4n) is 2.19. The van der Waals surface area contributed by atoms with E-state index in [-0.39, 0.29) is 6.04 Å². The second-order valence-electron chi connectivity index (χ2n) is 5.03. The first kappa shape index (κ1) is 15.1. The third-order valence-electron chi connectivity index (χ3n) is 3.40. The summed E-state index contributed by atoms with van der Waals surface area (Å²) in [5, 5.41) is 0. The van der Waals surface area contributed by atoms with E-state index >= 15 is 0 Å². The maximum absolute atomic E-state index is 6.15. The zero-order valence-corrected chi connectivity index (χ0v) is 13.7. The second kappa shape index (κ2) is 6.42. The van der Waals surface area contributed by atoms with Crippen molar-refractivity contribution in [2.75, 3.05) is 0 Å². The minimum absolute atomic E-state index is 0.00356. The van der Waals surface area contributed by atoms with Crippen molar-refractivity contribution in [1.29, 1.82) is 0 Å². The van der Waals surface area contributed by atoms with E-state index in [9.17, 15) is 0 Å². The SMILES string of the molecule is CCC(N)c1ccccc1Oc1cc(C)c(Br)c(C)c1. The number of para-hydroxylation sites is 1. The fraction of sp³-hybridized carbons (Fsp3) is 0.294. The van der Waals surface area contributed by atoms with Crippen molar-refractivity contribution in [3.05, 3.63) is 57.6 Å². The van der Waals surface area contributed by atoms with Gasteiger partial charge in [0.2, 0.25) is 0 Å². The molecule has 2 rings (SSSR count). The Morgan fingerprint density at radius 1 is 1.15 bits per heavy atom. The molecule has 0 aliphatic heterocycles. The Labute approximate surface area is 129 Å². The number of hydrogen-bond donors (Lipinski definition) is 1. The quantitative estimate of drug-likeness (QED) is 0.827. The molecule has 0 heterocycles. The Balaban J connectivity index is 2.35. The summed E-state index contributed by atoms with van der Waals surface area (Å²) >= 11 is 3.57. The molecule has 0 saturated heterocycles. The van der Waals surface area contributed by atoms with Gasteiger partial charge in [-0.15, -0.1) is 0 Å². The highest BCUT2D eigenvalue weighted by molar-refractivity contribution is 9.10. The number of hydrogen-bond acceptors (Lipinski definition) is 2. The predicted octanol–water partition coefficient (Wildman–Crippen LogP) is 5.27. The number of ether oxygens (including phenoxy) is 1. The fourth-order valence-corrected chi connectivity index (χ4v) is 2.42. The summed E-state index contributed by atoms with van der Waals surface area (Å²) in [6.07, 6.45) is 0.888. The van der Waals surface area contributed by atoms with Gasteiger partial charge in [0.25, 0.3) is 0 Å². The molecule has 0 aliphatic carbocycles. The largest absolute Gasteiger partial charge is 0.457 e. The Morgan fingerprint density at radius 2 is 1.75 bits per heavy atom. The van der Waals surface area contributed by atoms with E-state index in [1.165, 1.54) is 0 Å². The normalized spacial score (nSPS) is 12.2. The van der Waals surface area contributed by atoms with E-state index in [4.69, 9.17) is 10.5 Å². The highest BCUT2D eigenvalue weighted by Crippen LogP contribution is 2.33. The monoisotopic (exact) mass is 333 g/mol. The van der Waals surface area contributed by atoms with E-state index in [0.29, 0.717) is 0 Å². The number of rotatable bonds is 4. The molecule has 2 nitrogen and oxygen atoms in total. The van der Waals surface area contributed by atoms with E-state index in [2.05, 4.69) is 36.7 Å². The van der Waals surface area contributed by atoms with Gasteiger partial charge in [-0.05, 0) is 49.6 Å². The molecule has 0 amide bonds. The van der Waals surface area contributed by atoms with Crippen LogP contribution in [0.15, 0.2) is 40.9 Å². The standard InChI is InChI=1S/C17H20BrNO/c1-4-15(19)14-7-5-6-8-16(14)20-13-9-11(2)17(18)12(3)10-13/h5-10,15H,4,19H2,1-3H3. The molecule has 0 saturated carbocycles. The third-order valence-corrected chi connectivity index (χ3v) is 4.65. The lowest BCUT2D eigenvalue weighted by Crippen LogP contribution is -2.09. The van der Waals surface area contributed by atoms with Gasteiger partial charge in [0, 0.05) is 16.1 Å². The van der Waals surface area contributed by atoms with Gasteiger partial charge in [-0.25, -0.2) is 0 Å².